The van der Waals surface area contributed by atoms with E-state index in [2.05, 4.69) is 11.8 Å². The van der Waals surface area contributed by atoms with Gasteiger partial charge in [0.05, 0.1) is 11.1 Å². The van der Waals surface area contributed by atoms with Gasteiger partial charge in [-0.2, -0.15) is 0 Å². The third kappa shape index (κ3) is 3.44. The van der Waals surface area contributed by atoms with Crippen LogP contribution in [0.2, 0.25) is 0 Å². The third-order valence-electron chi connectivity index (χ3n) is 6.41. The number of ether oxygens (including phenoxy) is 1. The molecule has 0 unspecified atom stereocenters. The highest BCUT2D eigenvalue weighted by atomic mass is 16.5. The van der Waals surface area contributed by atoms with E-state index < -0.39 is 0 Å². The average molecular weight is 360 g/mol. The maximum atomic E-state index is 12.9. The number of carbonyl (C=O) groups excluding carboxylic acids is 1. The van der Waals surface area contributed by atoms with E-state index in [1.165, 1.54) is 25.8 Å². The topological polar surface area (TPSA) is 45.9 Å². The van der Waals surface area contributed by atoms with Crippen LogP contribution >= 0.6 is 0 Å². The molecule has 1 aromatic heterocycles. The Labute approximate surface area is 156 Å². The molecule has 1 amide bonds. The quantitative estimate of drug-likeness (QED) is 0.781. The first-order valence-electron chi connectivity index (χ1n) is 10.2. The number of hydrogen-bond donors (Lipinski definition) is 0. The Morgan fingerprint density at radius 2 is 2.04 bits per heavy atom. The lowest BCUT2D eigenvalue weighted by Gasteiger charge is -2.59. The molecule has 0 radical (unpaired) electrons. The van der Waals surface area contributed by atoms with Crippen molar-refractivity contribution in [3.63, 3.8) is 0 Å². The van der Waals surface area contributed by atoms with Crippen molar-refractivity contribution in [2.24, 2.45) is 11.8 Å². The fraction of sp³-hybridized carbons (Fsp3) is 0.762. The van der Waals surface area contributed by atoms with Crippen LogP contribution < -0.4 is 0 Å². The number of likely N-dealkylation sites (tertiary alicyclic amines) is 2. The van der Waals surface area contributed by atoms with Crippen LogP contribution in [0.3, 0.4) is 0 Å². The Kier molecular flexibility index (Phi) is 4.86. The molecule has 4 rings (SSSR count). The second-order valence-electron chi connectivity index (χ2n) is 8.62. The van der Waals surface area contributed by atoms with Gasteiger partial charge in [-0.1, -0.05) is 0 Å². The molecule has 1 atom stereocenters. The molecule has 0 aromatic carbocycles. The molecule has 2 aliphatic heterocycles. The molecule has 1 aromatic rings. The molecule has 144 valence electrons. The van der Waals surface area contributed by atoms with Crippen LogP contribution in [0.25, 0.3) is 0 Å². The standard InChI is InChI=1S/C21H32N2O3/c1-4-25-12-18-7-8-23(11-17-5-6-17)21(10-18)13-22(14-21)20(24)19-9-15(2)26-16(19)3/h9,17-18H,4-8,10-14H2,1-3H3/t18-/m1/s1. The van der Waals surface area contributed by atoms with Crippen LogP contribution in [0.1, 0.15) is 54.5 Å². The van der Waals surface area contributed by atoms with E-state index in [0.717, 1.165) is 62.3 Å². The van der Waals surface area contributed by atoms with Crippen LogP contribution in [0, 0.1) is 25.7 Å². The Bertz CT molecular complexity index is 658. The fourth-order valence-electron chi connectivity index (χ4n) is 4.82. The lowest BCUT2D eigenvalue weighted by Crippen LogP contribution is -2.73. The van der Waals surface area contributed by atoms with Gasteiger partial charge in [-0.25, -0.2) is 0 Å². The summed E-state index contributed by atoms with van der Waals surface area (Å²) in [6.45, 7) is 11.6. The highest BCUT2D eigenvalue weighted by molar-refractivity contribution is 5.96. The summed E-state index contributed by atoms with van der Waals surface area (Å²) in [5.41, 5.74) is 0.901. The first-order valence-corrected chi connectivity index (χ1v) is 10.2. The molecular weight excluding hydrogens is 328 g/mol. The highest BCUT2D eigenvalue weighted by Gasteiger charge is 2.53. The summed E-state index contributed by atoms with van der Waals surface area (Å²) in [5, 5.41) is 0. The van der Waals surface area contributed by atoms with Crippen LogP contribution in [0.15, 0.2) is 10.5 Å². The second-order valence-corrected chi connectivity index (χ2v) is 8.62. The van der Waals surface area contributed by atoms with Gasteiger partial charge in [0.25, 0.3) is 5.91 Å². The summed E-state index contributed by atoms with van der Waals surface area (Å²) in [4.78, 5) is 17.6. The predicted octanol–water partition coefficient (Wildman–Crippen LogP) is 3.25. The van der Waals surface area contributed by atoms with Crippen LogP contribution in [-0.2, 0) is 4.74 Å². The average Bonchev–Trinajstić information content (AvgIpc) is 3.33. The number of rotatable bonds is 6. The molecule has 1 aliphatic carbocycles. The fourth-order valence-corrected chi connectivity index (χ4v) is 4.82. The van der Waals surface area contributed by atoms with E-state index in [1.807, 2.05) is 24.8 Å². The number of amides is 1. The molecule has 1 spiro atoms. The van der Waals surface area contributed by atoms with Gasteiger partial charge in [0.1, 0.15) is 11.5 Å². The zero-order valence-electron chi connectivity index (χ0n) is 16.4. The molecule has 5 heteroatoms. The number of hydrogen-bond acceptors (Lipinski definition) is 4. The summed E-state index contributed by atoms with van der Waals surface area (Å²) >= 11 is 0. The van der Waals surface area contributed by atoms with E-state index in [0.29, 0.717) is 5.92 Å². The van der Waals surface area contributed by atoms with Gasteiger partial charge >= 0.3 is 0 Å². The maximum absolute atomic E-state index is 12.9. The van der Waals surface area contributed by atoms with Crippen molar-refractivity contribution in [2.45, 2.75) is 52.0 Å². The Morgan fingerprint density at radius 1 is 1.27 bits per heavy atom. The molecule has 3 fully saturated rings. The van der Waals surface area contributed by atoms with Crippen molar-refractivity contribution in [1.82, 2.24) is 9.80 Å². The minimum atomic E-state index is 0.128. The van der Waals surface area contributed by atoms with E-state index in [9.17, 15) is 4.79 Å². The Morgan fingerprint density at radius 3 is 2.65 bits per heavy atom. The van der Waals surface area contributed by atoms with Crippen LogP contribution in [0.4, 0.5) is 0 Å². The normalized spacial score (nSPS) is 25.5. The lowest BCUT2D eigenvalue weighted by atomic mass is 9.74. The molecule has 1 saturated carbocycles. The van der Waals surface area contributed by atoms with Gasteiger partial charge in [-0.15, -0.1) is 0 Å². The highest BCUT2D eigenvalue weighted by Crippen LogP contribution is 2.42. The molecule has 3 aliphatic rings. The SMILES string of the molecule is CCOC[C@@H]1CCN(CC2CC2)C2(C1)CN(C(=O)c1cc(C)oc1C)C2. The van der Waals surface area contributed by atoms with Gasteiger partial charge < -0.3 is 14.1 Å². The second kappa shape index (κ2) is 7.01. The van der Waals surface area contributed by atoms with E-state index >= 15 is 0 Å². The lowest BCUT2D eigenvalue weighted by molar-refractivity contribution is -0.0887. The monoisotopic (exact) mass is 360 g/mol. The van der Waals surface area contributed by atoms with Gasteiger partial charge in [-0.05, 0) is 70.9 Å². The smallest absolute Gasteiger partial charge is 0.257 e. The summed E-state index contributed by atoms with van der Waals surface area (Å²) < 4.78 is 11.3. The molecule has 3 heterocycles. The predicted molar refractivity (Wildman–Crippen MR) is 100 cm³/mol. The van der Waals surface area contributed by atoms with Gasteiger partial charge in [0, 0.05) is 32.8 Å². The first kappa shape index (κ1) is 18.1. The zero-order valence-corrected chi connectivity index (χ0v) is 16.4. The van der Waals surface area contributed by atoms with Crippen LogP contribution in [-0.4, -0.2) is 60.6 Å². The van der Waals surface area contributed by atoms with Crippen LogP contribution in [0.5, 0.6) is 0 Å². The molecule has 0 N–H and O–H groups in total. The Hall–Kier alpha value is -1.33. The number of furan rings is 1. The van der Waals surface area contributed by atoms with E-state index in [-0.39, 0.29) is 11.4 Å². The summed E-state index contributed by atoms with van der Waals surface area (Å²) in [6, 6.07) is 1.88. The van der Waals surface area contributed by atoms with Crippen molar-refractivity contribution in [1.29, 1.82) is 0 Å². The van der Waals surface area contributed by atoms with E-state index in [4.69, 9.17) is 9.15 Å². The minimum absolute atomic E-state index is 0.128. The maximum Gasteiger partial charge on any atom is 0.257 e. The number of aryl methyl sites for hydroxylation is 2. The van der Waals surface area contributed by atoms with Crippen molar-refractivity contribution in [2.75, 3.05) is 39.4 Å². The summed E-state index contributed by atoms with van der Waals surface area (Å²) in [6.07, 6.45) is 5.14. The largest absolute Gasteiger partial charge is 0.466 e. The molecule has 0 bridgehead atoms. The summed E-state index contributed by atoms with van der Waals surface area (Å²) in [5.74, 6) is 3.19. The van der Waals surface area contributed by atoms with Gasteiger partial charge in [0.2, 0.25) is 0 Å². The number of piperidine rings is 1. The summed E-state index contributed by atoms with van der Waals surface area (Å²) in [7, 11) is 0. The van der Waals surface area contributed by atoms with Crippen molar-refractivity contribution >= 4 is 5.91 Å². The number of nitrogens with zero attached hydrogens (tertiary/aromatic N) is 2. The third-order valence-corrected chi connectivity index (χ3v) is 6.41. The molecule has 5 nitrogen and oxygen atoms in total. The van der Waals surface area contributed by atoms with Gasteiger partial charge in [0.15, 0.2) is 0 Å². The van der Waals surface area contributed by atoms with E-state index in [1.54, 1.807) is 0 Å². The molecular formula is C21H32N2O3. The Balaban J connectivity index is 1.44. The van der Waals surface area contributed by atoms with Crippen molar-refractivity contribution in [3.05, 3.63) is 23.2 Å². The zero-order chi connectivity index (χ0) is 18.3. The number of carbonyl (C=O) groups is 1. The van der Waals surface area contributed by atoms with Crippen molar-refractivity contribution in [3.8, 4) is 0 Å². The van der Waals surface area contributed by atoms with Crippen molar-refractivity contribution < 1.29 is 13.9 Å². The molecule has 2 saturated heterocycles. The molecule has 26 heavy (non-hydrogen) atoms. The van der Waals surface area contributed by atoms with Gasteiger partial charge in [-0.3, -0.25) is 9.69 Å². The minimum Gasteiger partial charge on any atom is -0.466 e. The first-order chi connectivity index (χ1) is 12.5.